The van der Waals surface area contributed by atoms with E-state index in [2.05, 4.69) is 72.3 Å². The summed E-state index contributed by atoms with van der Waals surface area (Å²) in [5, 5.41) is 1.15. The maximum atomic E-state index is 13.7. The number of hydrogen-bond acceptors (Lipinski definition) is 4. The Balaban J connectivity index is 1.40. The van der Waals surface area contributed by atoms with E-state index in [9.17, 15) is 4.79 Å². The standard InChI is InChI=1S/C37H38N2O4/c1-27-12-14-28(15-13-27)24-39-25-33(31-10-6-7-11-34(31)39)32(23-37(40)38-18-20-42-21-19-38)30-16-17-35(41-2)36(22-30)43-26-29-8-4-3-5-9-29/h3-17,22,25,32H,18-21,23-24,26H2,1-2H3/t32-/m0/s1. The molecule has 1 amide bonds. The number of benzene rings is 4. The van der Waals surface area contributed by atoms with E-state index < -0.39 is 0 Å². The molecule has 1 saturated heterocycles. The third kappa shape index (κ3) is 6.60. The van der Waals surface area contributed by atoms with Crippen molar-refractivity contribution in [2.75, 3.05) is 33.4 Å². The monoisotopic (exact) mass is 574 g/mol. The zero-order chi connectivity index (χ0) is 29.6. The average Bonchev–Trinajstić information content (AvgIpc) is 3.42. The Labute approximate surface area is 253 Å². The number of amides is 1. The second-order valence-corrected chi connectivity index (χ2v) is 11.1. The number of carbonyl (C=O) groups excluding carboxylic acids is 1. The van der Waals surface area contributed by atoms with Gasteiger partial charge in [-0.25, -0.2) is 0 Å². The van der Waals surface area contributed by atoms with Gasteiger partial charge in [-0.1, -0.05) is 84.4 Å². The summed E-state index contributed by atoms with van der Waals surface area (Å²) in [6.07, 6.45) is 2.58. The van der Waals surface area contributed by atoms with E-state index in [1.54, 1.807) is 7.11 Å². The van der Waals surface area contributed by atoms with E-state index in [0.717, 1.165) is 34.1 Å². The molecule has 5 aromatic rings. The predicted molar refractivity (Wildman–Crippen MR) is 170 cm³/mol. The number of rotatable bonds is 10. The van der Waals surface area contributed by atoms with Crippen LogP contribution in [-0.4, -0.2) is 48.8 Å². The summed E-state index contributed by atoms with van der Waals surface area (Å²) in [5.41, 5.74) is 6.85. The molecule has 1 atom stereocenters. The summed E-state index contributed by atoms with van der Waals surface area (Å²) in [6.45, 7) is 5.67. The lowest BCUT2D eigenvalue weighted by Crippen LogP contribution is -2.41. The largest absolute Gasteiger partial charge is 0.493 e. The summed E-state index contributed by atoms with van der Waals surface area (Å²) >= 11 is 0. The molecule has 1 fully saturated rings. The van der Waals surface area contributed by atoms with Crippen LogP contribution in [-0.2, 0) is 22.7 Å². The molecule has 2 heterocycles. The number of ether oxygens (including phenoxy) is 3. The van der Waals surface area contributed by atoms with E-state index in [-0.39, 0.29) is 11.8 Å². The molecule has 0 aliphatic carbocycles. The van der Waals surface area contributed by atoms with Crippen LogP contribution in [0.2, 0.25) is 0 Å². The zero-order valence-electron chi connectivity index (χ0n) is 24.9. The van der Waals surface area contributed by atoms with Crippen LogP contribution < -0.4 is 9.47 Å². The lowest BCUT2D eigenvalue weighted by atomic mass is 9.87. The van der Waals surface area contributed by atoms with Crippen LogP contribution >= 0.6 is 0 Å². The number of nitrogens with zero attached hydrogens (tertiary/aromatic N) is 2. The highest BCUT2D eigenvalue weighted by Gasteiger charge is 2.27. The second kappa shape index (κ2) is 13.2. The van der Waals surface area contributed by atoms with Gasteiger partial charge in [-0.2, -0.15) is 0 Å². The summed E-state index contributed by atoms with van der Waals surface area (Å²) in [6, 6.07) is 33.3. The fourth-order valence-electron chi connectivity index (χ4n) is 5.86. The molecule has 220 valence electrons. The highest BCUT2D eigenvalue weighted by Crippen LogP contribution is 2.39. The average molecular weight is 575 g/mol. The molecule has 4 aromatic carbocycles. The SMILES string of the molecule is COc1ccc([C@H](CC(=O)N2CCOCC2)c2cn(Cc3ccc(C)cc3)c3ccccc23)cc1OCc1ccccc1. The first-order valence-corrected chi connectivity index (χ1v) is 14.9. The molecule has 1 aliphatic heterocycles. The van der Waals surface area contributed by atoms with Gasteiger partial charge < -0.3 is 23.7 Å². The van der Waals surface area contributed by atoms with Gasteiger partial charge >= 0.3 is 0 Å². The Bertz CT molecular complexity index is 1670. The number of fused-ring (bicyclic) bond motifs is 1. The smallest absolute Gasteiger partial charge is 0.223 e. The molecular formula is C37H38N2O4. The van der Waals surface area contributed by atoms with Crippen LogP contribution in [0.4, 0.5) is 0 Å². The number of methoxy groups -OCH3 is 1. The Morgan fingerprint density at radius 3 is 2.37 bits per heavy atom. The van der Waals surface area contributed by atoms with Crippen molar-refractivity contribution in [2.45, 2.75) is 32.4 Å². The normalized spacial score (nSPS) is 14.0. The van der Waals surface area contributed by atoms with E-state index in [1.165, 1.54) is 11.1 Å². The van der Waals surface area contributed by atoms with Crippen LogP contribution in [0, 0.1) is 6.92 Å². The Kier molecular flexibility index (Phi) is 8.75. The second-order valence-electron chi connectivity index (χ2n) is 11.1. The van der Waals surface area contributed by atoms with Gasteiger partial charge in [0.05, 0.1) is 20.3 Å². The number of aryl methyl sites for hydroxylation is 1. The van der Waals surface area contributed by atoms with Crippen molar-refractivity contribution in [3.63, 3.8) is 0 Å². The van der Waals surface area contributed by atoms with Crippen molar-refractivity contribution in [1.29, 1.82) is 0 Å². The van der Waals surface area contributed by atoms with E-state index in [1.807, 2.05) is 47.4 Å². The molecule has 43 heavy (non-hydrogen) atoms. The molecule has 0 saturated carbocycles. The maximum absolute atomic E-state index is 13.7. The molecule has 0 N–H and O–H groups in total. The van der Waals surface area contributed by atoms with Gasteiger partial charge in [0, 0.05) is 49.1 Å². The first-order chi connectivity index (χ1) is 21.1. The maximum Gasteiger partial charge on any atom is 0.223 e. The van der Waals surface area contributed by atoms with E-state index >= 15 is 0 Å². The fraction of sp³-hybridized carbons (Fsp3) is 0.270. The highest BCUT2D eigenvalue weighted by molar-refractivity contribution is 5.87. The topological polar surface area (TPSA) is 52.9 Å². The molecule has 0 radical (unpaired) electrons. The summed E-state index contributed by atoms with van der Waals surface area (Å²) in [4.78, 5) is 15.7. The van der Waals surface area contributed by atoms with Crippen molar-refractivity contribution in [1.82, 2.24) is 9.47 Å². The minimum Gasteiger partial charge on any atom is -0.493 e. The Morgan fingerprint density at radius 2 is 1.60 bits per heavy atom. The molecule has 6 heteroatoms. The van der Waals surface area contributed by atoms with Crippen LogP contribution in [0.25, 0.3) is 10.9 Å². The number of hydrogen-bond donors (Lipinski definition) is 0. The predicted octanol–water partition coefficient (Wildman–Crippen LogP) is 6.97. The zero-order valence-corrected chi connectivity index (χ0v) is 24.9. The lowest BCUT2D eigenvalue weighted by molar-refractivity contribution is -0.135. The lowest BCUT2D eigenvalue weighted by Gasteiger charge is -2.29. The van der Waals surface area contributed by atoms with Crippen molar-refractivity contribution in [3.8, 4) is 11.5 Å². The van der Waals surface area contributed by atoms with Gasteiger partial charge in [0.25, 0.3) is 0 Å². The van der Waals surface area contributed by atoms with Crippen LogP contribution in [0.15, 0.2) is 103 Å². The molecule has 0 unspecified atom stereocenters. The van der Waals surface area contributed by atoms with Gasteiger partial charge in [0.2, 0.25) is 5.91 Å². The van der Waals surface area contributed by atoms with Crippen molar-refractivity contribution >= 4 is 16.8 Å². The quantitative estimate of drug-likeness (QED) is 0.181. The third-order valence-electron chi connectivity index (χ3n) is 8.24. The van der Waals surface area contributed by atoms with Gasteiger partial charge in [-0.15, -0.1) is 0 Å². The number of para-hydroxylation sites is 1. The Morgan fingerprint density at radius 1 is 0.860 bits per heavy atom. The summed E-state index contributed by atoms with van der Waals surface area (Å²) in [5.74, 6) is 1.28. The molecule has 0 bridgehead atoms. The van der Waals surface area contributed by atoms with Crippen LogP contribution in [0.1, 0.15) is 40.2 Å². The minimum atomic E-state index is -0.176. The summed E-state index contributed by atoms with van der Waals surface area (Å²) in [7, 11) is 1.66. The number of morpholine rings is 1. The molecule has 6 nitrogen and oxygen atoms in total. The third-order valence-corrected chi connectivity index (χ3v) is 8.24. The molecule has 1 aliphatic rings. The van der Waals surface area contributed by atoms with Crippen LogP contribution in [0.3, 0.4) is 0 Å². The first kappa shape index (κ1) is 28.6. The summed E-state index contributed by atoms with van der Waals surface area (Å²) < 4.78 is 19.8. The van der Waals surface area contributed by atoms with Crippen LogP contribution in [0.5, 0.6) is 11.5 Å². The van der Waals surface area contributed by atoms with Gasteiger partial charge in [0.1, 0.15) is 6.61 Å². The van der Waals surface area contributed by atoms with Crippen molar-refractivity contribution in [3.05, 3.63) is 131 Å². The first-order valence-electron chi connectivity index (χ1n) is 14.9. The number of carbonyl (C=O) groups is 1. The molecule has 0 spiro atoms. The molecule has 6 rings (SSSR count). The minimum absolute atomic E-state index is 0.131. The molecular weight excluding hydrogens is 536 g/mol. The van der Waals surface area contributed by atoms with Crippen molar-refractivity contribution < 1.29 is 19.0 Å². The van der Waals surface area contributed by atoms with Gasteiger partial charge in [-0.05, 0) is 47.4 Å². The van der Waals surface area contributed by atoms with E-state index in [0.29, 0.717) is 50.8 Å². The Hall–Kier alpha value is -4.55. The van der Waals surface area contributed by atoms with Gasteiger partial charge in [-0.3, -0.25) is 4.79 Å². The van der Waals surface area contributed by atoms with E-state index in [4.69, 9.17) is 14.2 Å². The molecule has 1 aromatic heterocycles. The fourth-order valence-corrected chi connectivity index (χ4v) is 5.86. The number of aromatic nitrogens is 1. The van der Waals surface area contributed by atoms with Gasteiger partial charge in [0.15, 0.2) is 11.5 Å². The highest BCUT2D eigenvalue weighted by atomic mass is 16.5. The van der Waals surface area contributed by atoms with Crippen molar-refractivity contribution in [2.24, 2.45) is 0 Å².